The summed E-state index contributed by atoms with van der Waals surface area (Å²) in [5, 5.41) is 16.4. The van der Waals surface area contributed by atoms with E-state index in [2.05, 4.69) is 12.6 Å². The second kappa shape index (κ2) is 3.34. The zero-order valence-electron chi connectivity index (χ0n) is 4.36. The first-order chi connectivity index (χ1) is 4.04. The molecular formula is C4H4O4S-2. The summed E-state index contributed by atoms with van der Waals surface area (Å²) >= 11 is 4.19. The first-order valence-electron chi connectivity index (χ1n) is 2.12. The molecule has 0 aromatic carbocycles. The summed E-state index contributed by atoms with van der Waals surface area (Å²) in [6.45, 7) is 0. The van der Waals surface area contributed by atoms with E-state index in [-0.39, 0.29) is 0 Å². The van der Waals surface area contributed by atoms with Gasteiger partial charge in [0.25, 0.3) is 0 Å². The Morgan fingerprint density at radius 2 is 2.11 bits per heavy atom. The maximum absolute atomic E-state index is 9.76. The van der Waals surface area contributed by atoms with Gasteiger partial charge in [0.15, 0.2) is 0 Å². The van der Waals surface area contributed by atoms with E-state index in [4.69, 9.17) is 5.11 Å². The molecule has 52 valence electrons. The largest absolute Gasteiger partial charge is 0.783 e. The van der Waals surface area contributed by atoms with E-state index >= 15 is 0 Å². The molecule has 0 bridgehead atoms. The molecule has 0 radical (unpaired) electrons. The Kier molecular flexibility index (Phi) is 3.08. The molecule has 0 saturated carbocycles. The van der Waals surface area contributed by atoms with Crippen molar-refractivity contribution in [3.8, 4) is 0 Å². The number of rotatable bonds is 3. The maximum atomic E-state index is 9.76. The van der Waals surface area contributed by atoms with Crippen LogP contribution in [0.2, 0.25) is 0 Å². The van der Waals surface area contributed by atoms with Crippen molar-refractivity contribution in [3.63, 3.8) is 0 Å². The van der Waals surface area contributed by atoms with E-state index in [1.54, 1.807) is 0 Å². The monoisotopic (exact) mass is 148 g/mol. The number of hydrogen-bond acceptors (Lipinski definition) is 4. The fraction of sp³-hybridized carbons (Fsp3) is 0.500. The summed E-state index contributed by atoms with van der Waals surface area (Å²) in [6.07, 6.45) is -0.558. The lowest BCUT2D eigenvalue weighted by molar-refractivity contribution is -0.304. The molecule has 0 amide bonds. The fourth-order valence-electron chi connectivity index (χ4n) is 0.242. The van der Waals surface area contributed by atoms with E-state index in [0.717, 1.165) is 0 Å². The second-order valence-electron chi connectivity index (χ2n) is 1.41. The molecule has 1 N–H and O–H groups in total. The SMILES string of the molecule is O=C(O)CC([S-])C(=O)[O-]. The number of hydrogen-bond donors (Lipinski definition) is 1. The van der Waals surface area contributed by atoms with Crippen molar-refractivity contribution in [2.45, 2.75) is 11.7 Å². The molecule has 1 unspecified atom stereocenters. The highest BCUT2D eigenvalue weighted by Crippen LogP contribution is 1.89. The molecule has 0 aliphatic heterocycles. The van der Waals surface area contributed by atoms with Crippen LogP contribution in [0.4, 0.5) is 0 Å². The molecule has 1 atom stereocenters. The lowest BCUT2D eigenvalue weighted by atomic mass is 10.3. The summed E-state index contributed by atoms with van der Waals surface area (Å²) in [4.78, 5) is 19.5. The van der Waals surface area contributed by atoms with E-state index in [0.29, 0.717) is 0 Å². The smallest absolute Gasteiger partial charge is 0.302 e. The minimum Gasteiger partial charge on any atom is -0.783 e. The maximum Gasteiger partial charge on any atom is 0.302 e. The van der Waals surface area contributed by atoms with E-state index in [1.165, 1.54) is 0 Å². The molecule has 9 heavy (non-hydrogen) atoms. The number of carboxylic acid groups (broad SMARTS) is 2. The molecule has 0 heterocycles. The van der Waals surface area contributed by atoms with Gasteiger partial charge < -0.3 is 27.6 Å². The first kappa shape index (κ1) is 8.29. The molecule has 0 aromatic rings. The predicted molar refractivity (Wildman–Crippen MR) is 28.4 cm³/mol. The van der Waals surface area contributed by atoms with Gasteiger partial charge in [0.2, 0.25) is 0 Å². The quantitative estimate of drug-likeness (QED) is 0.474. The Balaban J connectivity index is 3.63. The standard InChI is InChI=1S/C4H6O4S/c5-3(6)1-2(9)4(7)8/h2,9H,1H2,(H,5,6)(H,7,8)/p-2. The van der Waals surface area contributed by atoms with Crippen molar-refractivity contribution in [1.29, 1.82) is 0 Å². The van der Waals surface area contributed by atoms with Crippen LogP contribution in [-0.2, 0) is 22.2 Å². The summed E-state index contributed by atoms with van der Waals surface area (Å²) in [6, 6.07) is 0. The van der Waals surface area contributed by atoms with Gasteiger partial charge >= 0.3 is 5.97 Å². The fourth-order valence-corrected chi connectivity index (χ4v) is 0.385. The van der Waals surface area contributed by atoms with Gasteiger partial charge in [0.05, 0.1) is 0 Å². The number of aliphatic carboxylic acids is 2. The predicted octanol–water partition coefficient (Wildman–Crippen LogP) is -1.87. The van der Waals surface area contributed by atoms with Crippen LogP contribution in [0.1, 0.15) is 6.42 Å². The van der Waals surface area contributed by atoms with Gasteiger partial charge in [-0.1, -0.05) is 0 Å². The highest BCUT2D eigenvalue weighted by atomic mass is 32.1. The number of carbonyl (C=O) groups is 2. The average molecular weight is 148 g/mol. The molecular weight excluding hydrogens is 144 g/mol. The molecule has 0 aliphatic rings. The zero-order chi connectivity index (χ0) is 7.44. The van der Waals surface area contributed by atoms with Crippen LogP contribution in [0.3, 0.4) is 0 Å². The summed E-state index contributed by atoms with van der Waals surface area (Å²) in [5.41, 5.74) is 0. The van der Waals surface area contributed by atoms with Gasteiger partial charge in [0, 0.05) is 12.4 Å². The lowest BCUT2D eigenvalue weighted by Gasteiger charge is -2.20. The molecule has 0 saturated heterocycles. The van der Waals surface area contributed by atoms with Crippen molar-refractivity contribution in [2.75, 3.05) is 0 Å². The van der Waals surface area contributed by atoms with Gasteiger partial charge in [-0.15, -0.1) is 5.25 Å². The topological polar surface area (TPSA) is 77.4 Å². The Bertz CT molecular complexity index is 133. The Labute approximate surface area is 56.9 Å². The van der Waals surface area contributed by atoms with E-state index in [9.17, 15) is 14.7 Å². The summed E-state index contributed by atoms with van der Waals surface area (Å²) < 4.78 is 0. The normalized spacial score (nSPS) is 12.6. The van der Waals surface area contributed by atoms with Crippen LogP contribution in [0, 0.1) is 0 Å². The molecule has 0 rings (SSSR count). The Morgan fingerprint density at radius 3 is 2.22 bits per heavy atom. The molecule has 0 aliphatic carbocycles. The van der Waals surface area contributed by atoms with Gasteiger partial charge in [-0.3, -0.25) is 4.79 Å². The molecule has 0 spiro atoms. The molecule has 0 aromatic heterocycles. The van der Waals surface area contributed by atoms with Gasteiger partial charge in [0.1, 0.15) is 0 Å². The van der Waals surface area contributed by atoms with E-state index in [1.807, 2.05) is 0 Å². The van der Waals surface area contributed by atoms with Crippen molar-refractivity contribution < 1.29 is 19.8 Å². The van der Waals surface area contributed by atoms with Crippen LogP contribution in [0.5, 0.6) is 0 Å². The van der Waals surface area contributed by atoms with Crippen LogP contribution in [-0.4, -0.2) is 22.3 Å². The van der Waals surface area contributed by atoms with Crippen molar-refractivity contribution >= 4 is 24.6 Å². The third kappa shape index (κ3) is 3.84. The van der Waals surface area contributed by atoms with E-state index < -0.39 is 23.6 Å². The second-order valence-corrected chi connectivity index (χ2v) is 1.97. The van der Waals surface area contributed by atoms with Gasteiger partial charge in [-0.05, 0) is 0 Å². The third-order valence-corrected chi connectivity index (χ3v) is 0.982. The number of carboxylic acids is 2. The van der Waals surface area contributed by atoms with Crippen LogP contribution < -0.4 is 5.11 Å². The minimum atomic E-state index is -1.51. The minimum absolute atomic E-state index is 0.558. The van der Waals surface area contributed by atoms with Crippen molar-refractivity contribution in [2.24, 2.45) is 0 Å². The summed E-state index contributed by atoms with van der Waals surface area (Å²) in [5.74, 6) is -2.73. The van der Waals surface area contributed by atoms with Crippen LogP contribution >= 0.6 is 0 Å². The van der Waals surface area contributed by atoms with Gasteiger partial charge in [-0.25, -0.2) is 0 Å². The number of carbonyl (C=O) groups excluding carboxylic acids is 1. The lowest BCUT2D eigenvalue weighted by Crippen LogP contribution is -2.35. The van der Waals surface area contributed by atoms with Crippen LogP contribution in [0.25, 0.3) is 0 Å². The highest BCUT2D eigenvalue weighted by molar-refractivity contribution is 7.60. The van der Waals surface area contributed by atoms with Crippen molar-refractivity contribution in [1.82, 2.24) is 0 Å². The summed E-state index contributed by atoms with van der Waals surface area (Å²) in [7, 11) is 0. The Morgan fingerprint density at radius 1 is 1.67 bits per heavy atom. The molecule has 5 heteroatoms. The Hall–Kier alpha value is -0.710. The molecule has 0 fully saturated rings. The first-order valence-corrected chi connectivity index (χ1v) is 2.59. The van der Waals surface area contributed by atoms with Crippen molar-refractivity contribution in [3.05, 3.63) is 0 Å². The zero-order valence-corrected chi connectivity index (χ0v) is 5.18. The van der Waals surface area contributed by atoms with Crippen LogP contribution in [0.15, 0.2) is 0 Å². The molecule has 4 nitrogen and oxygen atoms in total. The average Bonchev–Trinajstić information content (AvgIpc) is 1.63. The van der Waals surface area contributed by atoms with Gasteiger partial charge in [-0.2, -0.15) is 0 Å². The third-order valence-electron chi connectivity index (χ3n) is 0.623. The highest BCUT2D eigenvalue weighted by Gasteiger charge is 1.99.